The molecule has 2 aromatic rings. The molecule has 0 amide bonds. The summed E-state index contributed by atoms with van der Waals surface area (Å²) in [7, 11) is 0. The van der Waals surface area contributed by atoms with E-state index >= 15 is 0 Å². The Labute approximate surface area is 164 Å². The van der Waals surface area contributed by atoms with E-state index in [0.717, 1.165) is 18.7 Å². The second-order valence-corrected chi connectivity index (χ2v) is 5.17. The molecule has 1 aromatic heterocycles. The highest BCUT2D eigenvalue weighted by Crippen LogP contribution is 2.14. The first-order chi connectivity index (χ1) is 11.7. The fourth-order valence-corrected chi connectivity index (χ4v) is 2.03. The molecule has 0 saturated carbocycles. The fourth-order valence-electron chi connectivity index (χ4n) is 2.03. The quantitative estimate of drug-likeness (QED) is 0.358. The monoisotopic (exact) mass is 462 g/mol. The maximum Gasteiger partial charge on any atom is 0.191 e. The standard InChI is InChI=1S/C17H23FN4O2.HI/c1-3-15(24-16-7-5-6-13(18)10-16)12-21-17(19-4-2)20-11-14-8-9-23-22-14;/h5-10,15H,3-4,11-12H2,1-2H3,(H2,19,20,21);1H. The Morgan fingerprint density at radius 1 is 1.32 bits per heavy atom. The third-order valence-electron chi connectivity index (χ3n) is 3.29. The number of hydrogen-bond donors (Lipinski definition) is 2. The van der Waals surface area contributed by atoms with Crippen molar-refractivity contribution in [3.05, 3.63) is 48.1 Å². The van der Waals surface area contributed by atoms with E-state index in [2.05, 4.69) is 20.8 Å². The lowest BCUT2D eigenvalue weighted by molar-refractivity contribution is 0.198. The maximum atomic E-state index is 13.2. The van der Waals surface area contributed by atoms with Crippen molar-refractivity contribution in [1.29, 1.82) is 0 Å². The molecule has 0 spiro atoms. The van der Waals surface area contributed by atoms with Crippen LogP contribution in [0.15, 0.2) is 46.1 Å². The summed E-state index contributed by atoms with van der Waals surface area (Å²) < 4.78 is 23.8. The lowest BCUT2D eigenvalue weighted by atomic mass is 10.2. The molecule has 1 aromatic carbocycles. The summed E-state index contributed by atoms with van der Waals surface area (Å²) in [5, 5.41) is 10.2. The van der Waals surface area contributed by atoms with Gasteiger partial charge in [-0.1, -0.05) is 18.1 Å². The Morgan fingerprint density at radius 3 is 2.80 bits per heavy atom. The summed E-state index contributed by atoms with van der Waals surface area (Å²) in [6.07, 6.45) is 2.21. The molecule has 1 heterocycles. The van der Waals surface area contributed by atoms with Crippen molar-refractivity contribution in [1.82, 2.24) is 15.8 Å². The summed E-state index contributed by atoms with van der Waals surface area (Å²) >= 11 is 0. The zero-order valence-electron chi connectivity index (χ0n) is 14.4. The van der Waals surface area contributed by atoms with Gasteiger partial charge in [-0.15, -0.1) is 24.0 Å². The summed E-state index contributed by atoms with van der Waals surface area (Å²) in [4.78, 5) is 4.44. The molecule has 0 radical (unpaired) electrons. The molecule has 2 N–H and O–H groups in total. The number of rotatable bonds is 8. The average Bonchev–Trinajstić information content (AvgIpc) is 3.09. The first-order valence-corrected chi connectivity index (χ1v) is 8.05. The molecule has 8 heteroatoms. The Balaban J connectivity index is 0.00000312. The molecule has 0 aliphatic carbocycles. The van der Waals surface area contributed by atoms with E-state index in [1.165, 1.54) is 18.4 Å². The van der Waals surface area contributed by atoms with Crippen LogP contribution in [-0.4, -0.2) is 30.3 Å². The molecule has 25 heavy (non-hydrogen) atoms. The summed E-state index contributed by atoms with van der Waals surface area (Å²) in [5.41, 5.74) is 0.759. The van der Waals surface area contributed by atoms with Gasteiger partial charge in [0.25, 0.3) is 0 Å². The summed E-state index contributed by atoms with van der Waals surface area (Å²) in [6, 6.07) is 7.93. The minimum absolute atomic E-state index is 0. The molecule has 0 fully saturated rings. The van der Waals surface area contributed by atoms with E-state index in [1.807, 2.05) is 13.8 Å². The fraction of sp³-hybridized carbons (Fsp3) is 0.412. The van der Waals surface area contributed by atoms with Gasteiger partial charge in [0.1, 0.15) is 29.6 Å². The van der Waals surface area contributed by atoms with Gasteiger partial charge >= 0.3 is 0 Å². The summed E-state index contributed by atoms with van der Waals surface area (Å²) in [5.74, 6) is 0.882. The van der Waals surface area contributed by atoms with Crippen molar-refractivity contribution in [2.24, 2.45) is 4.99 Å². The number of nitrogens with one attached hydrogen (secondary N) is 2. The van der Waals surface area contributed by atoms with Crippen LogP contribution in [0.25, 0.3) is 0 Å². The lowest BCUT2D eigenvalue weighted by Gasteiger charge is -2.20. The SMILES string of the molecule is CCNC(=NCc1ccon1)NCC(CC)Oc1cccc(F)c1.I. The lowest BCUT2D eigenvalue weighted by Crippen LogP contribution is -2.42. The van der Waals surface area contributed by atoms with Gasteiger partial charge in [0, 0.05) is 18.7 Å². The molecule has 1 unspecified atom stereocenters. The maximum absolute atomic E-state index is 13.2. The van der Waals surface area contributed by atoms with Crippen LogP contribution in [0.4, 0.5) is 4.39 Å². The highest BCUT2D eigenvalue weighted by atomic mass is 127. The number of hydrogen-bond acceptors (Lipinski definition) is 4. The first-order valence-electron chi connectivity index (χ1n) is 8.05. The van der Waals surface area contributed by atoms with Gasteiger partial charge in [-0.3, -0.25) is 0 Å². The number of ether oxygens (including phenoxy) is 1. The highest BCUT2D eigenvalue weighted by Gasteiger charge is 2.10. The first kappa shape index (κ1) is 21.2. The van der Waals surface area contributed by atoms with Gasteiger partial charge in [0.05, 0.1) is 13.1 Å². The van der Waals surface area contributed by atoms with E-state index in [9.17, 15) is 4.39 Å². The Bertz CT molecular complexity index is 637. The third-order valence-corrected chi connectivity index (χ3v) is 3.29. The van der Waals surface area contributed by atoms with E-state index in [0.29, 0.717) is 24.8 Å². The Morgan fingerprint density at radius 2 is 2.16 bits per heavy atom. The van der Waals surface area contributed by atoms with E-state index < -0.39 is 0 Å². The van der Waals surface area contributed by atoms with Crippen LogP contribution >= 0.6 is 24.0 Å². The average molecular weight is 462 g/mol. The van der Waals surface area contributed by atoms with Gasteiger partial charge in [0.2, 0.25) is 0 Å². The number of benzene rings is 1. The van der Waals surface area contributed by atoms with E-state index in [-0.39, 0.29) is 35.9 Å². The van der Waals surface area contributed by atoms with Gasteiger partial charge in [-0.2, -0.15) is 0 Å². The molecule has 2 rings (SSSR count). The number of aromatic nitrogens is 1. The predicted octanol–water partition coefficient (Wildman–Crippen LogP) is 3.34. The number of aliphatic imine (C=N–C) groups is 1. The normalized spacial score (nSPS) is 12.2. The van der Waals surface area contributed by atoms with E-state index in [4.69, 9.17) is 9.26 Å². The largest absolute Gasteiger partial charge is 0.489 e. The van der Waals surface area contributed by atoms with Gasteiger partial charge in [0.15, 0.2) is 5.96 Å². The van der Waals surface area contributed by atoms with Gasteiger partial charge in [-0.25, -0.2) is 9.38 Å². The smallest absolute Gasteiger partial charge is 0.191 e. The minimum Gasteiger partial charge on any atom is -0.489 e. The van der Waals surface area contributed by atoms with Crippen molar-refractivity contribution < 1.29 is 13.7 Å². The second kappa shape index (κ2) is 11.7. The van der Waals surface area contributed by atoms with Crippen LogP contribution in [0.5, 0.6) is 5.75 Å². The van der Waals surface area contributed by atoms with Crippen LogP contribution in [-0.2, 0) is 6.54 Å². The zero-order chi connectivity index (χ0) is 17.2. The van der Waals surface area contributed by atoms with Crippen LogP contribution in [0.3, 0.4) is 0 Å². The van der Waals surface area contributed by atoms with Crippen LogP contribution in [0.2, 0.25) is 0 Å². The third kappa shape index (κ3) is 7.72. The zero-order valence-corrected chi connectivity index (χ0v) is 16.7. The predicted molar refractivity (Wildman–Crippen MR) is 106 cm³/mol. The second-order valence-electron chi connectivity index (χ2n) is 5.17. The molecule has 0 aliphatic rings. The van der Waals surface area contributed by atoms with Crippen LogP contribution in [0, 0.1) is 5.82 Å². The molecule has 0 bridgehead atoms. The number of nitrogens with zero attached hydrogens (tertiary/aromatic N) is 2. The van der Waals surface area contributed by atoms with Gasteiger partial charge < -0.3 is 19.9 Å². The topological polar surface area (TPSA) is 71.7 Å². The minimum atomic E-state index is -0.308. The Kier molecular flexibility index (Phi) is 9.90. The van der Waals surface area contributed by atoms with Crippen molar-refractivity contribution >= 4 is 29.9 Å². The van der Waals surface area contributed by atoms with Crippen molar-refractivity contribution in [3.8, 4) is 5.75 Å². The van der Waals surface area contributed by atoms with Crippen LogP contribution < -0.4 is 15.4 Å². The number of halogens is 2. The molecule has 138 valence electrons. The van der Waals surface area contributed by atoms with E-state index in [1.54, 1.807) is 18.2 Å². The molecule has 6 nitrogen and oxygen atoms in total. The summed E-state index contributed by atoms with van der Waals surface area (Å²) in [6.45, 7) is 5.73. The van der Waals surface area contributed by atoms with Gasteiger partial charge in [-0.05, 0) is 25.5 Å². The van der Waals surface area contributed by atoms with Crippen molar-refractivity contribution in [2.45, 2.75) is 32.9 Å². The molecule has 1 atom stereocenters. The van der Waals surface area contributed by atoms with Crippen molar-refractivity contribution in [2.75, 3.05) is 13.1 Å². The molecular weight excluding hydrogens is 438 g/mol. The molecule has 0 saturated heterocycles. The highest BCUT2D eigenvalue weighted by molar-refractivity contribution is 14.0. The van der Waals surface area contributed by atoms with Crippen LogP contribution in [0.1, 0.15) is 26.0 Å². The number of guanidine groups is 1. The van der Waals surface area contributed by atoms with Crippen molar-refractivity contribution in [3.63, 3.8) is 0 Å². The molecule has 0 aliphatic heterocycles. The molecular formula is C17H24FIN4O2. The Hall–Kier alpha value is -1.84.